The largest absolute Gasteiger partial charge is 0.142 e. The van der Waals surface area contributed by atoms with Crippen LogP contribution >= 0.6 is 24.2 Å². The summed E-state index contributed by atoms with van der Waals surface area (Å²) in [5, 5.41) is 0.813. The Balaban J connectivity index is 3.66. The lowest BCUT2D eigenvalue weighted by Crippen LogP contribution is -1.93. The van der Waals surface area contributed by atoms with Gasteiger partial charge >= 0.3 is 0 Å². The Labute approximate surface area is 90.0 Å². The summed E-state index contributed by atoms with van der Waals surface area (Å²) in [6, 6.07) is 0. The van der Waals surface area contributed by atoms with E-state index in [0.717, 1.165) is 32.2 Å². The van der Waals surface area contributed by atoms with E-state index in [1.165, 1.54) is 0 Å². The summed E-state index contributed by atoms with van der Waals surface area (Å²) in [5.74, 6) is 0. The molecule has 0 radical (unpaired) electrons. The van der Waals surface area contributed by atoms with E-state index in [4.69, 9.17) is 11.6 Å². The van der Waals surface area contributed by atoms with E-state index in [1.54, 1.807) is 0 Å². The van der Waals surface area contributed by atoms with Gasteiger partial charge in [-0.05, 0) is 43.0 Å². The standard InChI is InChI=1S/C11H13ClS/c1-5-9-6(2)7(3)10(12)8(4)11(9)13/h5,13H,1H2,2-4H3. The molecule has 0 nitrogen and oxygen atoms in total. The lowest BCUT2D eigenvalue weighted by atomic mass is 10.00. The van der Waals surface area contributed by atoms with Crippen LogP contribution in [0.2, 0.25) is 5.02 Å². The van der Waals surface area contributed by atoms with Crippen LogP contribution < -0.4 is 0 Å². The lowest BCUT2D eigenvalue weighted by molar-refractivity contribution is 1.20. The van der Waals surface area contributed by atoms with Gasteiger partial charge in [-0.25, -0.2) is 0 Å². The van der Waals surface area contributed by atoms with E-state index in [-0.39, 0.29) is 0 Å². The lowest BCUT2D eigenvalue weighted by Gasteiger charge is -2.13. The summed E-state index contributed by atoms with van der Waals surface area (Å²) in [4.78, 5) is 0.933. The van der Waals surface area contributed by atoms with E-state index in [9.17, 15) is 0 Å². The molecular weight excluding hydrogens is 200 g/mol. The zero-order chi connectivity index (χ0) is 10.2. The minimum absolute atomic E-state index is 0.813. The first-order valence-corrected chi connectivity index (χ1v) is 4.93. The van der Waals surface area contributed by atoms with Crippen molar-refractivity contribution >= 4 is 30.3 Å². The SMILES string of the molecule is C=Cc1c(C)c(C)c(Cl)c(C)c1S. The second kappa shape index (κ2) is 3.77. The number of hydrogen-bond donors (Lipinski definition) is 1. The first-order valence-electron chi connectivity index (χ1n) is 4.11. The maximum absolute atomic E-state index is 6.13. The van der Waals surface area contributed by atoms with E-state index >= 15 is 0 Å². The molecule has 1 rings (SSSR count). The van der Waals surface area contributed by atoms with Crippen LogP contribution in [0, 0.1) is 20.8 Å². The topological polar surface area (TPSA) is 0 Å². The van der Waals surface area contributed by atoms with Gasteiger partial charge in [0, 0.05) is 9.92 Å². The van der Waals surface area contributed by atoms with Gasteiger partial charge in [0.25, 0.3) is 0 Å². The van der Waals surface area contributed by atoms with Crippen LogP contribution in [-0.4, -0.2) is 0 Å². The van der Waals surface area contributed by atoms with E-state index in [1.807, 2.05) is 26.8 Å². The minimum atomic E-state index is 0.813. The Morgan fingerprint density at radius 3 is 2.15 bits per heavy atom. The highest BCUT2D eigenvalue weighted by molar-refractivity contribution is 7.80. The molecule has 0 aliphatic heterocycles. The van der Waals surface area contributed by atoms with Gasteiger partial charge in [0.15, 0.2) is 0 Å². The van der Waals surface area contributed by atoms with Crippen molar-refractivity contribution in [2.75, 3.05) is 0 Å². The van der Waals surface area contributed by atoms with Gasteiger partial charge in [-0.3, -0.25) is 0 Å². The van der Waals surface area contributed by atoms with Crippen LogP contribution in [0.25, 0.3) is 6.08 Å². The first kappa shape index (κ1) is 10.7. The number of rotatable bonds is 1. The van der Waals surface area contributed by atoms with Gasteiger partial charge < -0.3 is 0 Å². The quantitative estimate of drug-likeness (QED) is 0.663. The molecule has 0 saturated heterocycles. The molecule has 0 amide bonds. The summed E-state index contributed by atoms with van der Waals surface area (Å²) in [6.07, 6.45) is 1.83. The maximum atomic E-state index is 6.13. The van der Waals surface area contributed by atoms with Crippen LogP contribution in [0.1, 0.15) is 22.3 Å². The smallest absolute Gasteiger partial charge is 0.0478 e. The van der Waals surface area contributed by atoms with Crippen molar-refractivity contribution in [1.29, 1.82) is 0 Å². The summed E-state index contributed by atoms with van der Waals surface area (Å²) in [5.41, 5.74) is 4.40. The molecule has 0 saturated carbocycles. The summed E-state index contributed by atoms with van der Waals surface area (Å²) in [6.45, 7) is 9.81. The van der Waals surface area contributed by atoms with Crippen LogP contribution in [0.4, 0.5) is 0 Å². The van der Waals surface area contributed by atoms with Gasteiger partial charge in [-0.15, -0.1) is 12.6 Å². The molecule has 0 unspecified atom stereocenters. The zero-order valence-corrected chi connectivity index (χ0v) is 9.76. The van der Waals surface area contributed by atoms with Crippen molar-refractivity contribution in [3.63, 3.8) is 0 Å². The maximum Gasteiger partial charge on any atom is 0.0478 e. The molecule has 0 aromatic heterocycles. The van der Waals surface area contributed by atoms with Gasteiger partial charge in [0.05, 0.1) is 0 Å². The third-order valence-electron chi connectivity index (χ3n) is 2.44. The first-order chi connectivity index (χ1) is 6.00. The molecule has 70 valence electrons. The number of thiol groups is 1. The Kier molecular flexibility index (Phi) is 3.09. The van der Waals surface area contributed by atoms with Gasteiger partial charge in [-0.2, -0.15) is 0 Å². The summed E-state index contributed by atoms with van der Waals surface area (Å²) in [7, 11) is 0. The Morgan fingerprint density at radius 2 is 1.69 bits per heavy atom. The van der Waals surface area contributed by atoms with Crippen LogP contribution in [0.3, 0.4) is 0 Å². The second-order valence-electron chi connectivity index (χ2n) is 3.16. The van der Waals surface area contributed by atoms with Crippen LogP contribution in [-0.2, 0) is 0 Å². The average Bonchev–Trinajstić information content (AvgIpc) is 2.13. The van der Waals surface area contributed by atoms with Gasteiger partial charge in [0.2, 0.25) is 0 Å². The van der Waals surface area contributed by atoms with Crippen molar-refractivity contribution in [1.82, 2.24) is 0 Å². The fourth-order valence-corrected chi connectivity index (χ4v) is 2.05. The molecule has 0 atom stereocenters. The third-order valence-corrected chi connectivity index (χ3v) is 3.58. The van der Waals surface area contributed by atoms with Gasteiger partial charge in [0.1, 0.15) is 0 Å². The molecule has 2 heteroatoms. The molecule has 0 heterocycles. The Bertz CT molecular complexity index is 338. The highest BCUT2D eigenvalue weighted by Gasteiger charge is 2.11. The van der Waals surface area contributed by atoms with Crippen LogP contribution in [0.5, 0.6) is 0 Å². The summed E-state index contributed by atoms with van der Waals surface area (Å²) >= 11 is 10.6. The third kappa shape index (κ3) is 1.63. The molecular formula is C11H13ClS. The Hall–Kier alpha value is -0.400. The zero-order valence-electron chi connectivity index (χ0n) is 8.11. The number of hydrogen-bond acceptors (Lipinski definition) is 1. The summed E-state index contributed by atoms with van der Waals surface area (Å²) < 4.78 is 0. The molecule has 1 aromatic rings. The predicted molar refractivity (Wildman–Crippen MR) is 63.0 cm³/mol. The molecule has 0 spiro atoms. The molecule has 1 aromatic carbocycles. The van der Waals surface area contributed by atoms with Crippen molar-refractivity contribution in [3.8, 4) is 0 Å². The van der Waals surface area contributed by atoms with Gasteiger partial charge in [-0.1, -0.05) is 24.3 Å². The predicted octanol–water partition coefficient (Wildman–Crippen LogP) is 4.20. The number of benzene rings is 1. The Morgan fingerprint density at radius 1 is 1.15 bits per heavy atom. The van der Waals surface area contributed by atoms with Crippen molar-refractivity contribution in [2.24, 2.45) is 0 Å². The molecule has 0 N–H and O–H groups in total. The van der Waals surface area contributed by atoms with E-state index < -0.39 is 0 Å². The average molecular weight is 213 g/mol. The molecule has 0 bridgehead atoms. The monoisotopic (exact) mass is 212 g/mol. The molecule has 13 heavy (non-hydrogen) atoms. The van der Waals surface area contributed by atoms with Crippen molar-refractivity contribution in [3.05, 3.63) is 33.9 Å². The molecule has 0 fully saturated rings. The van der Waals surface area contributed by atoms with Crippen molar-refractivity contribution in [2.45, 2.75) is 25.7 Å². The van der Waals surface area contributed by atoms with E-state index in [0.29, 0.717) is 0 Å². The number of halogens is 1. The minimum Gasteiger partial charge on any atom is -0.142 e. The highest BCUT2D eigenvalue weighted by atomic mass is 35.5. The molecule has 0 aliphatic carbocycles. The normalized spacial score (nSPS) is 10.2. The second-order valence-corrected chi connectivity index (χ2v) is 3.98. The molecule has 0 aliphatic rings. The highest BCUT2D eigenvalue weighted by Crippen LogP contribution is 2.33. The fourth-order valence-electron chi connectivity index (χ4n) is 1.38. The fraction of sp³-hybridized carbons (Fsp3) is 0.273. The van der Waals surface area contributed by atoms with Crippen LogP contribution in [0.15, 0.2) is 11.5 Å². The van der Waals surface area contributed by atoms with Crippen molar-refractivity contribution < 1.29 is 0 Å². The van der Waals surface area contributed by atoms with E-state index in [2.05, 4.69) is 19.2 Å².